The van der Waals surface area contributed by atoms with Crippen molar-refractivity contribution in [2.75, 3.05) is 0 Å². The number of aromatic nitrogens is 1. The highest BCUT2D eigenvalue weighted by molar-refractivity contribution is 5.87. The van der Waals surface area contributed by atoms with Crippen LogP contribution in [0.1, 0.15) is 47.3 Å². The van der Waals surface area contributed by atoms with Crippen molar-refractivity contribution < 1.29 is 9.90 Å². The van der Waals surface area contributed by atoms with Gasteiger partial charge in [0.1, 0.15) is 0 Å². The third kappa shape index (κ3) is 2.19. The predicted octanol–water partition coefficient (Wildman–Crippen LogP) is 2.68. The molecule has 3 nitrogen and oxygen atoms in total. The molecule has 0 amide bonds. The summed E-state index contributed by atoms with van der Waals surface area (Å²) in [4.78, 5) is 15.1. The second kappa shape index (κ2) is 4.13. The second-order valence-corrected chi connectivity index (χ2v) is 5.40. The third-order valence-corrected chi connectivity index (χ3v) is 4.04. The number of rotatable bonds is 4. The van der Waals surface area contributed by atoms with Crippen LogP contribution in [0.5, 0.6) is 0 Å². The van der Waals surface area contributed by atoms with E-state index in [-0.39, 0.29) is 5.69 Å². The standard InChI is InChI=1S/C14H17NO2/c16-14(17)13-12-8-10(4-3-9-1-2-9)7-11(12)5-6-15-13/h5-6,9-10H,1-4,7-8H2,(H,16,17)/t10-/m0/s1. The van der Waals surface area contributed by atoms with Crippen LogP contribution in [0.3, 0.4) is 0 Å². The first-order valence-electron chi connectivity index (χ1n) is 6.44. The molecule has 1 aromatic rings. The average Bonchev–Trinajstić information content (AvgIpc) is 3.04. The minimum Gasteiger partial charge on any atom is -0.477 e. The lowest BCUT2D eigenvalue weighted by Crippen LogP contribution is -2.06. The van der Waals surface area contributed by atoms with Crippen molar-refractivity contribution in [1.29, 1.82) is 0 Å². The van der Waals surface area contributed by atoms with E-state index < -0.39 is 5.97 Å². The second-order valence-electron chi connectivity index (χ2n) is 5.40. The van der Waals surface area contributed by atoms with Crippen LogP contribution in [0, 0.1) is 11.8 Å². The molecule has 0 unspecified atom stereocenters. The van der Waals surface area contributed by atoms with Crippen molar-refractivity contribution >= 4 is 5.97 Å². The van der Waals surface area contributed by atoms with Gasteiger partial charge in [0.2, 0.25) is 0 Å². The molecule has 1 heterocycles. The van der Waals surface area contributed by atoms with E-state index in [0.717, 1.165) is 24.3 Å². The van der Waals surface area contributed by atoms with E-state index in [2.05, 4.69) is 4.98 Å². The van der Waals surface area contributed by atoms with Crippen LogP contribution >= 0.6 is 0 Å². The van der Waals surface area contributed by atoms with Gasteiger partial charge in [0.05, 0.1) is 0 Å². The van der Waals surface area contributed by atoms with Crippen molar-refractivity contribution in [3.63, 3.8) is 0 Å². The van der Waals surface area contributed by atoms with Crippen molar-refractivity contribution in [2.24, 2.45) is 11.8 Å². The molecule has 1 aromatic heterocycles. The topological polar surface area (TPSA) is 50.2 Å². The van der Waals surface area contributed by atoms with Crippen molar-refractivity contribution in [1.82, 2.24) is 4.98 Å². The van der Waals surface area contributed by atoms with Gasteiger partial charge in [0.15, 0.2) is 5.69 Å². The van der Waals surface area contributed by atoms with Gasteiger partial charge in [0.25, 0.3) is 0 Å². The third-order valence-electron chi connectivity index (χ3n) is 4.04. The van der Waals surface area contributed by atoms with Gasteiger partial charge in [-0.3, -0.25) is 0 Å². The fourth-order valence-electron chi connectivity index (χ4n) is 2.89. The average molecular weight is 231 g/mol. The molecule has 1 fully saturated rings. The summed E-state index contributed by atoms with van der Waals surface area (Å²) < 4.78 is 0. The number of carbonyl (C=O) groups is 1. The maximum absolute atomic E-state index is 11.1. The molecule has 90 valence electrons. The number of hydrogen-bond donors (Lipinski definition) is 1. The van der Waals surface area contributed by atoms with E-state index in [1.807, 2.05) is 6.07 Å². The molecule has 0 aliphatic heterocycles. The van der Waals surface area contributed by atoms with Gasteiger partial charge in [-0.15, -0.1) is 0 Å². The van der Waals surface area contributed by atoms with E-state index in [4.69, 9.17) is 5.11 Å². The molecular weight excluding hydrogens is 214 g/mol. The quantitative estimate of drug-likeness (QED) is 0.866. The normalized spacial score (nSPS) is 22.5. The molecule has 3 rings (SSSR count). The van der Waals surface area contributed by atoms with Crippen LogP contribution in [0.15, 0.2) is 12.3 Å². The zero-order chi connectivity index (χ0) is 11.8. The van der Waals surface area contributed by atoms with E-state index in [0.29, 0.717) is 5.92 Å². The summed E-state index contributed by atoms with van der Waals surface area (Å²) in [5.74, 6) is 0.730. The monoisotopic (exact) mass is 231 g/mol. The molecule has 3 heteroatoms. The molecule has 0 aromatic carbocycles. The Kier molecular flexibility index (Phi) is 2.61. The number of fused-ring (bicyclic) bond motifs is 1. The van der Waals surface area contributed by atoms with Crippen LogP contribution in [-0.4, -0.2) is 16.1 Å². The first-order valence-corrected chi connectivity index (χ1v) is 6.44. The maximum Gasteiger partial charge on any atom is 0.354 e. The maximum atomic E-state index is 11.1. The van der Waals surface area contributed by atoms with Crippen molar-refractivity contribution in [3.8, 4) is 0 Å². The number of aromatic carboxylic acids is 1. The van der Waals surface area contributed by atoms with E-state index in [1.165, 1.54) is 31.2 Å². The number of carboxylic acids is 1. The Balaban J connectivity index is 1.72. The van der Waals surface area contributed by atoms with E-state index >= 15 is 0 Å². The molecule has 1 N–H and O–H groups in total. The van der Waals surface area contributed by atoms with Crippen LogP contribution in [0.4, 0.5) is 0 Å². The number of carboxylic acid groups (broad SMARTS) is 1. The molecule has 17 heavy (non-hydrogen) atoms. The summed E-state index contributed by atoms with van der Waals surface area (Å²) in [6, 6.07) is 1.99. The molecule has 2 aliphatic carbocycles. The summed E-state index contributed by atoms with van der Waals surface area (Å²) in [5, 5.41) is 9.10. The van der Waals surface area contributed by atoms with Crippen LogP contribution in [-0.2, 0) is 12.8 Å². The first kappa shape index (κ1) is 10.8. The predicted molar refractivity (Wildman–Crippen MR) is 64.1 cm³/mol. The fourth-order valence-corrected chi connectivity index (χ4v) is 2.89. The fraction of sp³-hybridized carbons (Fsp3) is 0.571. The Morgan fingerprint density at radius 1 is 1.29 bits per heavy atom. The molecule has 0 radical (unpaired) electrons. The molecule has 0 spiro atoms. The summed E-state index contributed by atoms with van der Waals surface area (Å²) >= 11 is 0. The Labute approximate surface area is 101 Å². The Morgan fingerprint density at radius 2 is 2.06 bits per heavy atom. The first-order chi connectivity index (χ1) is 8.24. The van der Waals surface area contributed by atoms with Gasteiger partial charge in [-0.1, -0.05) is 19.3 Å². The van der Waals surface area contributed by atoms with E-state index in [9.17, 15) is 4.79 Å². The molecule has 1 saturated carbocycles. The van der Waals surface area contributed by atoms with E-state index in [1.54, 1.807) is 6.20 Å². The summed E-state index contributed by atoms with van der Waals surface area (Å²) in [6.07, 6.45) is 8.98. The van der Waals surface area contributed by atoms with Crippen LogP contribution in [0.25, 0.3) is 0 Å². The molecule has 0 saturated heterocycles. The summed E-state index contributed by atoms with van der Waals surface area (Å²) in [5.41, 5.74) is 2.47. The zero-order valence-corrected chi connectivity index (χ0v) is 9.85. The number of pyridine rings is 1. The lowest BCUT2D eigenvalue weighted by molar-refractivity contribution is 0.0689. The summed E-state index contributed by atoms with van der Waals surface area (Å²) in [7, 11) is 0. The molecule has 1 atom stereocenters. The lowest BCUT2D eigenvalue weighted by Gasteiger charge is -2.07. The van der Waals surface area contributed by atoms with Gasteiger partial charge in [-0.25, -0.2) is 9.78 Å². The highest BCUT2D eigenvalue weighted by Crippen LogP contribution is 2.38. The Hall–Kier alpha value is -1.38. The van der Waals surface area contributed by atoms with Gasteiger partial charge in [-0.05, 0) is 48.3 Å². The van der Waals surface area contributed by atoms with Gasteiger partial charge < -0.3 is 5.11 Å². The van der Waals surface area contributed by atoms with Gasteiger partial charge in [-0.2, -0.15) is 0 Å². The number of hydrogen-bond acceptors (Lipinski definition) is 2. The number of nitrogens with zero attached hydrogens (tertiary/aromatic N) is 1. The SMILES string of the molecule is O=C(O)c1nccc2c1C[C@@H](CCC1CC1)C2. The highest BCUT2D eigenvalue weighted by Gasteiger charge is 2.28. The Bertz CT molecular complexity index is 452. The molecule has 2 aliphatic rings. The molecule has 0 bridgehead atoms. The van der Waals surface area contributed by atoms with Crippen molar-refractivity contribution in [2.45, 2.75) is 38.5 Å². The van der Waals surface area contributed by atoms with Crippen molar-refractivity contribution in [3.05, 3.63) is 29.1 Å². The molecular formula is C14H17NO2. The zero-order valence-electron chi connectivity index (χ0n) is 9.85. The minimum absolute atomic E-state index is 0.274. The minimum atomic E-state index is -0.885. The Morgan fingerprint density at radius 3 is 2.76 bits per heavy atom. The smallest absolute Gasteiger partial charge is 0.354 e. The largest absolute Gasteiger partial charge is 0.477 e. The van der Waals surface area contributed by atoms with Gasteiger partial charge in [0, 0.05) is 6.20 Å². The highest BCUT2D eigenvalue weighted by atomic mass is 16.4. The van der Waals surface area contributed by atoms with Crippen LogP contribution < -0.4 is 0 Å². The summed E-state index contributed by atoms with van der Waals surface area (Å²) in [6.45, 7) is 0. The van der Waals surface area contributed by atoms with Crippen LogP contribution in [0.2, 0.25) is 0 Å². The van der Waals surface area contributed by atoms with Gasteiger partial charge >= 0.3 is 5.97 Å². The lowest BCUT2D eigenvalue weighted by atomic mass is 9.98.